The molecule has 3 heteroatoms. The van der Waals surface area contributed by atoms with Crippen molar-refractivity contribution in [3.05, 3.63) is 107 Å². The van der Waals surface area contributed by atoms with Crippen molar-refractivity contribution in [2.75, 3.05) is 0 Å². The van der Waals surface area contributed by atoms with Gasteiger partial charge in [-0.05, 0) is 53.4 Å². The van der Waals surface area contributed by atoms with E-state index in [1.807, 2.05) is 12.1 Å². The molecule has 1 saturated heterocycles. The summed E-state index contributed by atoms with van der Waals surface area (Å²) in [5, 5.41) is 9.14. The van der Waals surface area contributed by atoms with Gasteiger partial charge in [0.1, 0.15) is 0 Å². The summed E-state index contributed by atoms with van der Waals surface area (Å²) < 4.78 is 0. The second-order valence-corrected chi connectivity index (χ2v) is 10.7. The predicted octanol–water partition coefficient (Wildman–Crippen LogP) is 6.41. The monoisotopic (exact) mass is 456 g/mol. The van der Waals surface area contributed by atoms with Gasteiger partial charge in [0.05, 0.1) is 0 Å². The Hall–Kier alpha value is -2.13. The molecule has 0 amide bonds. The van der Waals surface area contributed by atoms with Crippen molar-refractivity contribution >= 4 is 11.6 Å². The van der Waals surface area contributed by atoms with Gasteiger partial charge >= 0.3 is 0 Å². The highest BCUT2D eigenvalue weighted by Gasteiger charge is 2.55. The average Bonchev–Trinajstić information content (AvgIpc) is 2.99. The maximum absolute atomic E-state index is 6.55. The molecule has 0 aromatic heterocycles. The maximum atomic E-state index is 6.55. The van der Waals surface area contributed by atoms with Crippen LogP contribution in [0, 0.1) is 17.8 Å². The van der Waals surface area contributed by atoms with E-state index in [1.54, 1.807) is 0 Å². The molecule has 33 heavy (non-hydrogen) atoms. The van der Waals surface area contributed by atoms with Gasteiger partial charge in [0.2, 0.25) is 0 Å². The molecule has 3 aliphatic rings. The second kappa shape index (κ2) is 9.25. The second-order valence-electron chi connectivity index (χ2n) is 10.3. The first kappa shape index (κ1) is 21.4. The number of rotatable bonds is 6. The van der Waals surface area contributed by atoms with E-state index < -0.39 is 0 Å². The summed E-state index contributed by atoms with van der Waals surface area (Å²) in [5.74, 6) is 2.70. The van der Waals surface area contributed by atoms with Gasteiger partial charge in [0.15, 0.2) is 0 Å². The van der Waals surface area contributed by atoms with E-state index in [2.05, 4.69) is 83.4 Å². The number of hydrogen-bond donors (Lipinski definition) is 2. The van der Waals surface area contributed by atoms with Crippen molar-refractivity contribution in [2.24, 2.45) is 17.8 Å². The van der Waals surface area contributed by atoms with Gasteiger partial charge < -0.3 is 10.6 Å². The highest BCUT2D eigenvalue weighted by atomic mass is 35.5. The number of halogens is 1. The van der Waals surface area contributed by atoms with Crippen LogP contribution in [-0.2, 0) is 6.54 Å². The molecule has 3 aromatic rings. The Labute approximate surface area is 202 Å². The van der Waals surface area contributed by atoms with Crippen LogP contribution in [0.25, 0.3) is 0 Å². The summed E-state index contributed by atoms with van der Waals surface area (Å²) in [6.45, 7) is 0.819. The van der Waals surface area contributed by atoms with Crippen molar-refractivity contribution in [1.82, 2.24) is 10.6 Å². The molecule has 2 N–H and O–H groups in total. The number of piperidine rings is 1. The Kier molecular flexibility index (Phi) is 6.00. The van der Waals surface area contributed by atoms with Gasteiger partial charge in [-0.25, -0.2) is 0 Å². The number of nitrogens with one attached hydrogen (secondary N) is 2. The lowest BCUT2D eigenvalue weighted by molar-refractivity contribution is 0.0920. The molecule has 2 nitrogen and oxygen atoms in total. The van der Waals surface area contributed by atoms with Crippen LogP contribution in [0.2, 0.25) is 5.02 Å². The third-order valence-corrected chi connectivity index (χ3v) is 8.96. The first-order valence-corrected chi connectivity index (χ1v) is 13.0. The first-order chi connectivity index (χ1) is 16.3. The minimum absolute atomic E-state index is 0.320. The van der Waals surface area contributed by atoms with E-state index in [0.29, 0.717) is 24.0 Å². The minimum atomic E-state index is 0.320. The molecular weight excluding hydrogens is 424 g/mol. The Morgan fingerprint density at radius 1 is 0.848 bits per heavy atom. The van der Waals surface area contributed by atoms with Crippen LogP contribution >= 0.6 is 11.6 Å². The normalized spacial score (nSPS) is 30.5. The summed E-state index contributed by atoms with van der Waals surface area (Å²) in [4.78, 5) is 0. The third kappa shape index (κ3) is 4.03. The van der Waals surface area contributed by atoms with Crippen LogP contribution in [0.1, 0.15) is 48.3 Å². The summed E-state index contributed by atoms with van der Waals surface area (Å²) in [5.41, 5.74) is 3.99. The lowest BCUT2D eigenvalue weighted by atomic mass is 9.66. The summed E-state index contributed by atoms with van der Waals surface area (Å²) in [6.07, 6.45) is 5.49. The van der Waals surface area contributed by atoms with Crippen molar-refractivity contribution < 1.29 is 0 Å². The van der Waals surface area contributed by atoms with Crippen molar-refractivity contribution in [3.63, 3.8) is 0 Å². The van der Waals surface area contributed by atoms with E-state index in [1.165, 1.54) is 42.4 Å². The van der Waals surface area contributed by atoms with Gasteiger partial charge in [0, 0.05) is 35.6 Å². The highest BCUT2D eigenvalue weighted by molar-refractivity contribution is 6.31. The van der Waals surface area contributed by atoms with Gasteiger partial charge in [-0.2, -0.15) is 0 Å². The molecule has 170 valence electrons. The average molecular weight is 457 g/mol. The van der Waals surface area contributed by atoms with Crippen LogP contribution in [0.15, 0.2) is 84.9 Å². The molecule has 3 fully saturated rings. The van der Waals surface area contributed by atoms with E-state index in [9.17, 15) is 0 Å². The molecule has 4 unspecified atom stereocenters. The zero-order valence-corrected chi connectivity index (χ0v) is 19.8. The maximum Gasteiger partial charge on any atom is 0.0450 e. The summed E-state index contributed by atoms with van der Waals surface area (Å²) >= 11 is 6.55. The van der Waals surface area contributed by atoms with Crippen LogP contribution in [0.4, 0.5) is 0 Å². The fraction of sp³-hybridized carbons (Fsp3) is 0.400. The molecule has 1 aliphatic heterocycles. The van der Waals surface area contributed by atoms with Crippen LogP contribution in [-0.4, -0.2) is 18.1 Å². The van der Waals surface area contributed by atoms with E-state index in [0.717, 1.165) is 29.3 Å². The molecule has 6 rings (SSSR count). The largest absolute Gasteiger partial charge is 0.308 e. The molecule has 3 aromatic carbocycles. The summed E-state index contributed by atoms with van der Waals surface area (Å²) in [6, 6.07) is 31.9. The smallest absolute Gasteiger partial charge is 0.0450 e. The summed E-state index contributed by atoms with van der Waals surface area (Å²) in [7, 11) is 0. The van der Waals surface area contributed by atoms with Crippen LogP contribution in [0.3, 0.4) is 0 Å². The molecular formula is C30H33ClN2. The van der Waals surface area contributed by atoms with Crippen molar-refractivity contribution in [2.45, 2.75) is 56.3 Å². The Bertz CT molecular complexity index is 1030. The Morgan fingerprint density at radius 3 is 2.21 bits per heavy atom. The lowest BCUT2D eigenvalue weighted by Gasteiger charge is -2.49. The van der Waals surface area contributed by atoms with E-state index in [4.69, 9.17) is 11.6 Å². The van der Waals surface area contributed by atoms with Crippen molar-refractivity contribution in [3.8, 4) is 0 Å². The van der Waals surface area contributed by atoms with E-state index >= 15 is 0 Å². The molecule has 0 radical (unpaired) electrons. The fourth-order valence-corrected chi connectivity index (χ4v) is 7.50. The molecule has 0 spiro atoms. The number of hydrogen-bond acceptors (Lipinski definition) is 2. The quantitative estimate of drug-likeness (QED) is 0.448. The number of benzene rings is 3. The Balaban J connectivity index is 1.39. The standard InChI is InChI=1S/C30H33ClN2/c31-25-17-8-7-14-23(25)19-32-29-28-22-15-9-16-24(28)26(18-22)33-30(29)27(20-10-3-1-4-11-20)21-12-5-2-6-13-21/h1-8,10-14,17,22,24,26-30,32-33H,9,15-16,18-19H2/t22-,24?,26-,28?,29?,30?/m1/s1. The highest BCUT2D eigenvalue weighted by Crippen LogP contribution is 2.53. The molecule has 6 atom stereocenters. The first-order valence-electron chi connectivity index (χ1n) is 12.6. The lowest BCUT2D eigenvalue weighted by Crippen LogP contribution is -2.63. The van der Waals surface area contributed by atoms with Crippen LogP contribution in [0.5, 0.6) is 0 Å². The molecule has 2 saturated carbocycles. The SMILES string of the molecule is Clc1ccccc1CNC1C(C(c2ccccc2)c2ccccc2)N[C@@H]2C[C@H]3CCCC2C13. The zero-order chi connectivity index (χ0) is 22.2. The van der Waals surface area contributed by atoms with E-state index in [-0.39, 0.29) is 0 Å². The molecule has 4 bridgehead atoms. The zero-order valence-electron chi connectivity index (χ0n) is 19.0. The van der Waals surface area contributed by atoms with Gasteiger partial charge in [-0.1, -0.05) is 103 Å². The predicted molar refractivity (Wildman–Crippen MR) is 136 cm³/mol. The van der Waals surface area contributed by atoms with Gasteiger partial charge in [-0.15, -0.1) is 0 Å². The molecule has 1 heterocycles. The van der Waals surface area contributed by atoms with Gasteiger partial charge in [-0.3, -0.25) is 0 Å². The molecule has 2 aliphatic carbocycles. The minimum Gasteiger partial charge on any atom is -0.308 e. The van der Waals surface area contributed by atoms with Crippen LogP contribution < -0.4 is 10.6 Å². The third-order valence-electron chi connectivity index (χ3n) is 8.60. The van der Waals surface area contributed by atoms with Gasteiger partial charge in [0.25, 0.3) is 0 Å². The van der Waals surface area contributed by atoms with Crippen molar-refractivity contribution in [1.29, 1.82) is 0 Å². The fourth-order valence-electron chi connectivity index (χ4n) is 7.30. The topological polar surface area (TPSA) is 24.1 Å². The Morgan fingerprint density at radius 2 is 1.52 bits per heavy atom.